The van der Waals surface area contributed by atoms with Crippen LogP contribution in [0.1, 0.15) is 56.8 Å². The van der Waals surface area contributed by atoms with Crippen molar-refractivity contribution in [3.8, 4) is 0 Å². The maximum absolute atomic E-state index is 12.7. The number of benzene rings is 1. The fraction of sp³-hybridized carbons (Fsp3) is 0.526. The van der Waals surface area contributed by atoms with E-state index in [4.69, 9.17) is 16.7 Å². The smallest absolute Gasteiger partial charge is 0.309 e. The van der Waals surface area contributed by atoms with Crippen LogP contribution in [0.25, 0.3) is 0 Å². The molecule has 1 unspecified atom stereocenters. The number of hydrogen-bond donors (Lipinski definition) is 2. The Balaban J connectivity index is 2.08. The number of halogens is 1. The predicted molar refractivity (Wildman–Crippen MR) is 100 cm³/mol. The minimum absolute atomic E-state index is 0.105. The lowest BCUT2D eigenvalue weighted by molar-refractivity contribution is -0.148. The topological polar surface area (TPSA) is 86.7 Å². The van der Waals surface area contributed by atoms with Crippen molar-refractivity contribution >= 4 is 35.1 Å². The Bertz CT molecular complexity index is 717. The van der Waals surface area contributed by atoms with Crippen LogP contribution in [0.15, 0.2) is 18.2 Å². The molecule has 0 aliphatic carbocycles. The van der Waals surface area contributed by atoms with Gasteiger partial charge in [0.15, 0.2) is 0 Å². The van der Waals surface area contributed by atoms with Crippen LogP contribution in [-0.2, 0) is 9.59 Å². The number of piperidine rings is 1. The lowest BCUT2D eigenvalue weighted by Crippen LogP contribution is -2.42. The molecule has 142 valence electrons. The Kier molecular flexibility index (Phi) is 6.29. The Labute approximate surface area is 158 Å². The number of nitrogens with zero attached hydrogens (tertiary/aromatic N) is 1. The summed E-state index contributed by atoms with van der Waals surface area (Å²) in [6, 6.07) is 4.92. The summed E-state index contributed by atoms with van der Waals surface area (Å²) in [5.41, 5.74) is -0.317. The first-order valence-electron chi connectivity index (χ1n) is 8.75. The summed E-state index contributed by atoms with van der Waals surface area (Å²) in [6.07, 6.45) is 2.93. The van der Waals surface area contributed by atoms with Crippen molar-refractivity contribution < 1.29 is 19.5 Å². The third-order valence-electron chi connectivity index (χ3n) is 4.73. The monoisotopic (exact) mass is 380 g/mol. The molecule has 1 saturated heterocycles. The summed E-state index contributed by atoms with van der Waals surface area (Å²) in [5.74, 6) is -1.56. The Morgan fingerprint density at radius 1 is 1.31 bits per heavy atom. The SMILES string of the molecule is CC1CCCCN1C(=O)c1ccc(NC(=O)CC(C)(C)C(=O)O)cc1Cl. The van der Waals surface area contributed by atoms with Gasteiger partial charge in [0.05, 0.1) is 16.0 Å². The zero-order valence-electron chi connectivity index (χ0n) is 15.3. The molecule has 26 heavy (non-hydrogen) atoms. The minimum atomic E-state index is -1.16. The van der Waals surface area contributed by atoms with Gasteiger partial charge in [-0.2, -0.15) is 0 Å². The number of nitrogens with one attached hydrogen (secondary N) is 1. The molecule has 0 radical (unpaired) electrons. The number of rotatable bonds is 5. The molecule has 2 N–H and O–H groups in total. The number of carboxylic acids is 1. The molecular formula is C19H25ClN2O4. The maximum atomic E-state index is 12.7. The quantitative estimate of drug-likeness (QED) is 0.813. The normalized spacial score (nSPS) is 17.7. The Hall–Kier alpha value is -2.08. The van der Waals surface area contributed by atoms with E-state index in [0.29, 0.717) is 11.3 Å². The second kappa shape index (κ2) is 8.08. The Morgan fingerprint density at radius 2 is 2.00 bits per heavy atom. The highest BCUT2D eigenvalue weighted by atomic mass is 35.5. The third kappa shape index (κ3) is 4.75. The summed E-state index contributed by atoms with van der Waals surface area (Å²) in [5, 5.41) is 12.0. The number of amides is 2. The second-order valence-electron chi connectivity index (χ2n) is 7.45. The number of hydrogen-bond acceptors (Lipinski definition) is 3. The summed E-state index contributed by atoms with van der Waals surface area (Å²) < 4.78 is 0. The van der Waals surface area contributed by atoms with E-state index >= 15 is 0 Å². The van der Waals surface area contributed by atoms with Gasteiger partial charge in [-0.25, -0.2) is 0 Å². The number of likely N-dealkylation sites (tertiary alicyclic amines) is 1. The van der Waals surface area contributed by atoms with E-state index in [9.17, 15) is 14.4 Å². The summed E-state index contributed by atoms with van der Waals surface area (Å²) in [6.45, 7) is 5.73. The van der Waals surface area contributed by atoms with E-state index in [0.717, 1.165) is 25.8 Å². The van der Waals surface area contributed by atoms with Crippen LogP contribution in [0, 0.1) is 5.41 Å². The van der Waals surface area contributed by atoms with Crippen molar-refractivity contribution in [2.75, 3.05) is 11.9 Å². The average Bonchev–Trinajstić information content (AvgIpc) is 2.54. The summed E-state index contributed by atoms with van der Waals surface area (Å²) in [4.78, 5) is 37.7. The molecule has 1 aromatic carbocycles. The van der Waals surface area contributed by atoms with Gasteiger partial charge in [-0.15, -0.1) is 0 Å². The first kappa shape index (κ1) is 20.2. The lowest BCUT2D eigenvalue weighted by Gasteiger charge is -2.33. The fourth-order valence-electron chi connectivity index (χ4n) is 3.00. The molecule has 1 atom stereocenters. The van der Waals surface area contributed by atoms with Crippen molar-refractivity contribution in [2.24, 2.45) is 5.41 Å². The molecule has 1 aliphatic rings. The molecule has 0 bridgehead atoms. The van der Waals surface area contributed by atoms with Gasteiger partial charge in [-0.3, -0.25) is 14.4 Å². The first-order valence-corrected chi connectivity index (χ1v) is 9.13. The standard InChI is InChI=1S/C19H25ClN2O4/c1-12-6-4-5-9-22(12)17(24)14-8-7-13(10-15(14)20)21-16(23)11-19(2,3)18(25)26/h7-8,10,12H,4-6,9,11H2,1-3H3,(H,21,23)(H,25,26). The molecule has 0 spiro atoms. The minimum Gasteiger partial charge on any atom is -0.481 e. The highest BCUT2D eigenvalue weighted by molar-refractivity contribution is 6.34. The number of carbonyl (C=O) groups excluding carboxylic acids is 2. The van der Waals surface area contributed by atoms with Gasteiger partial charge in [0.1, 0.15) is 0 Å². The molecular weight excluding hydrogens is 356 g/mol. The van der Waals surface area contributed by atoms with Crippen LogP contribution < -0.4 is 5.32 Å². The van der Waals surface area contributed by atoms with Gasteiger partial charge < -0.3 is 15.3 Å². The molecule has 1 aliphatic heterocycles. The fourth-order valence-corrected chi connectivity index (χ4v) is 3.26. The van der Waals surface area contributed by atoms with Crippen molar-refractivity contribution in [3.05, 3.63) is 28.8 Å². The van der Waals surface area contributed by atoms with Crippen LogP contribution >= 0.6 is 11.6 Å². The first-order chi connectivity index (χ1) is 12.1. The Morgan fingerprint density at radius 3 is 2.58 bits per heavy atom. The van der Waals surface area contributed by atoms with Crippen molar-refractivity contribution in [1.82, 2.24) is 4.90 Å². The van der Waals surface area contributed by atoms with Crippen molar-refractivity contribution in [2.45, 2.75) is 52.5 Å². The van der Waals surface area contributed by atoms with Gasteiger partial charge in [0.25, 0.3) is 5.91 Å². The lowest BCUT2D eigenvalue weighted by atomic mass is 9.89. The highest BCUT2D eigenvalue weighted by Crippen LogP contribution is 2.27. The molecule has 1 fully saturated rings. The highest BCUT2D eigenvalue weighted by Gasteiger charge is 2.30. The van der Waals surface area contributed by atoms with E-state index in [-0.39, 0.29) is 23.4 Å². The second-order valence-corrected chi connectivity index (χ2v) is 7.86. The molecule has 7 heteroatoms. The van der Waals surface area contributed by atoms with E-state index < -0.39 is 17.3 Å². The van der Waals surface area contributed by atoms with Gasteiger partial charge in [0, 0.05) is 24.7 Å². The van der Waals surface area contributed by atoms with Crippen LogP contribution in [0.4, 0.5) is 5.69 Å². The van der Waals surface area contributed by atoms with Crippen LogP contribution in [0.5, 0.6) is 0 Å². The molecule has 2 rings (SSSR count). The van der Waals surface area contributed by atoms with E-state index in [2.05, 4.69) is 5.32 Å². The van der Waals surface area contributed by atoms with E-state index in [1.807, 2.05) is 11.8 Å². The molecule has 2 amide bonds. The summed E-state index contributed by atoms with van der Waals surface area (Å²) in [7, 11) is 0. The number of anilines is 1. The van der Waals surface area contributed by atoms with E-state index in [1.165, 1.54) is 19.9 Å². The van der Waals surface area contributed by atoms with Crippen LogP contribution in [-0.4, -0.2) is 40.4 Å². The van der Waals surface area contributed by atoms with Crippen LogP contribution in [0.2, 0.25) is 5.02 Å². The molecule has 0 saturated carbocycles. The van der Waals surface area contributed by atoms with Crippen molar-refractivity contribution in [1.29, 1.82) is 0 Å². The molecule has 1 aromatic rings. The van der Waals surface area contributed by atoms with Gasteiger partial charge in [-0.1, -0.05) is 11.6 Å². The van der Waals surface area contributed by atoms with Gasteiger partial charge in [-0.05, 0) is 58.2 Å². The van der Waals surface area contributed by atoms with Crippen LogP contribution in [0.3, 0.4) is 0 Å². The molecule has 0 aromatic heterocycles. The predicted octanol–water partition coefficient (Wildman–Crippen LogP) is 3.79. The zero-order chi connectivity index (χ0) is 19.5. The zero-order valence-corrected chi connectivity index (χ0v) is 16.1. The third-order valence-corrected chi connectivity index (χ3v) is 5.04. The molecule has 6 nitrogen and oxygen atoms in total. The largest absolute Gasteiger partial charge is 0.481 e. The van der Waals surface area contributed by atoms with Gasteiger partial charge >= 0.3 is 5.97 Å². The maximum Gasteiger partial charge on any atom is 0.309 e. The number of carbonyl (C=O) groups is 3. The number of aliphatic carboxylic acids is 1. The van der Waals surface area contributed by atoms with Crippen molar-refractivity contribution in [3.63, 3.8) is 0 Å². The average molecular weight is 381 g/mol. The number of carboxylic acid groups (broad SMARTS) is 1. The summed E-state index contributed by atoms with van der Waals surface area (Å²) >= 11 is 6.27. The van der Waals surface area contributed by atoms with E-state index in [1.54, 1.807) is 12.1 Å². The molecule has 1 heterocycles. The van der Waals surface area contributed by atoms with Gasteiger partial charge in [0.2, 0.25) is 5.91 Å².